The van der Waals surface area contributed by atoms with Crippen molar-refractivity contribution in [3.8, 4) is 0 Å². The van der Waals surface area contributed by atoms with Gasteiger partial charge in [-0.25, -0.2) is 4.39 Å². The molecule has 120 valence electrons. The minimum atomic E-state index is -0.158. The highest BCUT2D eigenvalue weighted by Gasteiger charge is 2.01. The minimum Gasteiger partial charge on any atom is -0.382 e. The van der Waals surface area contributed by atoms with Gasteiger partial charge in [-0.15, -0.1) is 24.0 Å². The van der Waals surface area contributed by atoms with Crippen molar-refractivity contribution >= 4 is 29.9 Å². The summed E-state index contributed by atoms with van der Waals surface area (Å²) in [5, 5.41) is 6.36. The highest BCUT2D eigenvalue weighted by molar-refractivity contribution is 14.0. The molecule has 4 nitrogen and oxygen atoms in total. The second-order valence-corrected chi connectivity index (χ2v) is 4.32. The molecule has 0 radical (unpaired) electrons. The van der Waals surface area contributed by atoms with Crippen molar-refractivity contribution in [2.75, 3.05) is 33.4 Å². The summed E-state index contributed by atoms with van der Waals surface area (Å²) in [5.74, 6) is 0.576. The van der Waals surface area contributed by atoms with Crippen molar-refractivity contribution in [1.29, 1.82) is 0 Å². The van der Waals surface area contributed by atoms with Crippen LogP contribution in [0, 0.1) is 5.82 Å². The fourth-order valence-corrected chi connectivity index (χ4v) is 1.76. The van der Waals surface area contributed by atoms with Crippen molar-refractivity contribution in [1.82, 2.24) is 10.6 Å². The van der Waals surface area contributed by atoms with Gasteiger partial charge in [0.2, 0.25) is 0 Å². The van der Waals surface area contributed by atoms with E-state index in [9.17, 15) is 4.39 Å². The molecule has 0 spiro atoms. The molecule has 21 heavy (non-hydrogen) atoms. The smallest absolute Gasteiger partial charge is 0.190 e. The summed E-state index contributed by atoms with van der Waals surface area (Å²) in [5.41, 5.74) is 0.715. The van der Waals surface area contributed by atoms with Gasteiger partial charge in [-0.05, 0) is 31.4 Å². The Hall–Kier alpha value is -0.890. The number of rotatable bonds is 8. The van der Waals surface area contributed by atoms with Crippen LogP contribution in [-0.2, 0) is 11.2 Å². The molecule has 0 fully saturated rings. The quantitative estimate of drug-likeness (QED) is 0.300. The van der Waals surface area contributed by atoms with Gasteiger partial charge in [-0.1, -0.05) is 18.2 Å². The van der Waals surface area contributed by atoms with E-state index in [4.69, 9.17) is 4.74 Å². The number of hydrogen-bond acceptors (Lipinski definition) is 2. The first-order valence-corrected chi connectivity index (χ1v) is 7.03. The number of benzene rings is 1. The fraction of sp³-hybridized carbons (Fsp3) is 0.533. The molecule has 0 bridgehead atoms. The van der Waals surface area contributed by atoms with Crippen LogP contribution in [0.1, 0.15) is 18.9 Å². The lowest BCUT2D eigenvalue weighted by atomic mass is 10.1. The van der Waals surface area contributed by atoms with Gasteiger partial charge in [0.05, 0.1) is 0 Å². The fourth-order valence-electron chi connectivity index (χ4n) is 1.76. The molecule has 0 aliphatic rings. The first-order valence-electron chi connectivity index (χ1n) is 7.03. The third-order valence-electron chi connectivity index (χ3n) is 2.83. The van der Waals surface area contributed by atoms with E-state index >= 15 is 0 Å². The first-order chi connectivity index (χ1) is 9.77. The van der Waals surface area contributed by atoms with Gasteiger partial charge in [0.1, 0.15) is 5.82 Å². The van der Waals surface area contributed by atoms with E-state index < -0.39 is 0 Å². The number of nitrogens with zero attached hydrogens (tertiary/aromatic N) is 1. The molecule has 0 aliphatic carbocycles. The molecule has 0 saturated heterocycles. The maximum atomic E-state index is 13.4. The number of halogens is 2. The van der Waals surface area contributed by atoms with Crippen LogP contribution in [0.5, 0.6) is 0 Å². The summed E-state index contributed by atoms with van der Waals surface area (Å²) in [6.07, 6.45) is 1.56. The van der Waals surface area contributed by atoms with E-state index in [-0.39, 0.29) is 29.8 Å². The molecule has 0 saturated carbocycles. The molecule has 1 rings (SSSR count). The Labute approximate surface area is 143 Å². The summed E-state index contributed by atoms with van der Waals surface area (Å²) in [4.78, 5) is 4.12. The van der Waals surface area contributed by atoms with E-state index in [1.165, 1.54) is 6.07 Å². The first kappa shape index (κ1) is 20.1. The normalized spacial score (nSPS) is 10.9. The lowest BCUT2D eigenvalue weighted by molar-refractivity contribution is 0.145. The summed E-state index contributed by atoms with van der Waals surface area (Å²) in [6, 6.07) is 6.83. The average molecular weight is 409 g/mol. The molecule has 0 aliphatic heterocycles. The Morgan fingerprint density at radius 1 is 1.24 bits per heavy atom. The average Bonchev–Trinajstić information content (AvgIpc) is 2.47. The van der Waals surface area contributed by atoms with Gasteiger partial charge in [-0.2, -0.15) is 0 Å². The van der Waals surface area contributed by atoms with E-state index in [0.717, 1.165) is 32.1 Å². The molecule has 6 heteroatoms. The molecule has 0 atom stereocenters. The number of ether oxygens (including phenoxy) is 1. The second-order valence-electron chi connectivity index (χ2n) is 4.32. The minimum absolute atomic E-state index is 0. The number of guanidine groups is 1. The molecular weight excluding hydrogens is 384 g/mol. The lowest BCUT2D eigenvalue weighted by Gasteiger charge is -2.12. The Morgan fingerprint density at radius 3 is 2.62 bits per heavy atom. The predicted molar refractivity (Wildman–Crippen MR) is 96.0 cm³/mol. The molecule has 1 aromatic rings. The van der Waals surface area contributed by atoms with Crippen LogP contribution in [0.3, 0.4) is 0 Å². The molecule has 0 aromatic heterocycles. The highest BCUT2D eigenvalue weighted by atomic mass is 127. The lowest BCUT2D eigenvalue weighted by Crippen LogP contribution is -2.39. The summed E-state index contributed by atoms with van der Waals surface area (Å²) < 4.78 is 18.7. The van der Waals surface area contributed by atoms with Crippen LogP contribution in [0.25, 0.3) is 0 Å². The molecule has 0 unspecified atom stereocenters. The van der Waals surface area contributed by atoms with E-state index in [2.05, 4.69) is 15.6 Å². The van der Waals surface area contributed by atoms with Gasteiger partial charge >= 0.3 is 0 Å². The van der Waals surface area contributed by atoms with Gasteiger partial charge < -0.3 is 15.4 Å². The molecule has 2 N–H and O–H groups in total. The zero-order valence-corrected chi connectivity index (χ0v) is 15.0. The summed E-state index contributed by atoms with van der Waals surface area (Å²) in [6.45, 7) is 4.92. The number of aliphatic imine (C=N–C) groups is 1. The van der Waals surface area contributed by atoms with E-state index in [1.54, 1.807) is 19.2 Å². The Balaban J connectivity index is 0.00000400. The third kappa shape index (κ3) is 8.87. The summed E-state index contributed by atoms with van der Waals surface area (Å²) >= 11 is 0. The number of hydrogen-bond donors (Lipinski definition) is 2. The maximum Gasteiger partial charge on any atom is 0.190 e. The third-order valence-corrected chi connectivity index (χ3v) is 2.83. The van der Waals surface area contributed by atoms with Gasteiger partial charge in [-0.3, -0.25) is 4.99 Å². The zero-order chi connectivity index (χ0) is 14.6. The van der Waals surface area contributed by atoms with Crippen LogP contribution in [0.2, 0.25) is 0 Å². The van der Waals surface area contributed by atoms with E-state index in [1.807, 2.05) is 13.0 Å². The maximum absolute atomic E-state index is 13.4. The SMILES string of the molecule is CCOCCCNC(=NC)NCCc1ccccc1F.I. The predicted octanol–water partition coefficient (Wildman–Crippen LogP) is 2.58. The van der Waals surface area contributed by atoms with Crippen LogP contribution in [0.4, 0.5) is 4.39 Å². The molecule has 0 amide bonds. The van der Waals surface area contributed by atoms with Gasteiger partial charge in [0, 0.05) is 33.4 Å². The topological polar surface area (TPSA) is 45.6 Å². The van der Waals surface area contributed by atoms with Crippen molar-refractivity contribution in [2.45, 2.75) is 19.8 Å². The van der Waals surface area contributed by atoms with Crippen molar-refractivity contribution in [3.05, 3.63) is 35.6 Å². The van der Waals surface area contributed by atoms with Gasteiger partial charge in [0.15, 0.2) is 5.96 Å². The molecule has 0 heterocycles. The summed E-state index contributed by atoms with van der Waals surface area (Å²) in [7, 11) is 1.72. The number of nitrogens with one attached hydrogen (secondary N) is 2. The second kappa shape index (κ2) is 12.8. The van der Waals surface area contributed by atoms with Crippen molar-refractivity contribution in [3.63, 3.8) is 0 Å². The Morgan fingerprint density at radius 2 is 1.95 bits per heavy atom. The zero-order valence-electron chi connectivity index (χ0n) is 12.7. The van der Waals surface area contributed by atoms with E-state index in [0.29, 0.717) is 18.5 Å². The molecule has 1 aromatic carbocycles. The van der Waals surface area contributed by atoms with Crippen LogP contribution in [0.15, 0.2) is 29.3 Å². The monoisotopic (exact) mass is 409 g/mol. The Kier molecular flexibility index (Phi) is 12.3. The van der Waals surface area contributed by atoms with Crippen LogP contribution < -0.4 is 10.6 Å². The van der Waals surface area contributed by atoms with Crippen molar-refractivity contribution < 1.29 is 9.13 Å². The largest absolute Gasteiger partial charge is 0.382 e. The Bertz CT molecular complexity index is 416. The van der Waals surface area contributed by atoms with Gasteiger partial charge in [0.25, 0.3) is 0 Å². The van der Waals surface area contributed by atoms with Crippen molar-refractivity contribution in [2.24, 2.45) is 4.99 Å². The molecular formula is C15H25FIN3O. The standard InChI is InChI=1S/C15H24FN3O.HI/c1-3-20-12-6-10-18-15(17-2)19-11-9-13-7-4-5-8-14(13)16;/h4-5,7-8H,3,6,9-12H2,1-2H3,(H2,17,18,19);1H. The highest BCUT2D eigenvalue weighted by Crippen LogP contribution is 2.05. The van der Waals surface area contributed by atoms with Crippen LogP contribution >= 0.6 is 24.0 Å². The van der Waals surface area contributed by atoms with Crippen LogP contribution in [-0.4, -0.2) is 39.3 Å².